The number of carbonyl (C=O) groups is 1. The van der Waals surface area contributed by atoms with E-state index in [1.165, 1.54) is 0 Å². The first-order valence-electron chi connectivity index (χ1n) is 7.57. The van der Waals surface area contributed by atoms with E-state index in [-0.39, 0.29) is 36.8 Å². The number of anilines is 2. The van der Waals surface area contributed by atoms with Crippen LogP contribution in [-0.2, 0) is 0 Å². The number of hydrogen-bond acceptors (Lipinski definition) is 4. The van der Waals surface area contributed by atoms with Gasteiger partial charge in [0.05, 0.1) is 5.02 Å². The number of nitrogens with zero attached hydrogens (tertiary/aromatic N) is 2. The second-order valence-corrected chi connectivity index (χ2v) is 6.20. The van der Waals surface area contributed by atoms with Gasteiger partial charge < -0.3 is 16.0 Å². The molecule has 2 aromatic rings. The molecule has 1 aliphatic rings. The fourth-order valence-electron chi connectivity index (χ4n) is 2.83. The summed E-state index contributed by atoms with van der Waals surface area (Å²) in [5.41, 5.74) is 7.91. The molecule has 1 saturated heterocycles. The molecule has 0 saturated carbocycles. The van der Waals surface area contributed by atoms with Crippen molar-refractivity contribution < 1.29 is 4.79 Å². The third-order valence-electron chi connectivity index (χ3n) is 4.07. The summed E-state index contributed by atoms with van der Waals surface area (Å²) in [6, 6.07) is 9.08. The molecule has 1 amide bonds. The summed E-state index contributed by atoms with van der Waals surface area (Å²) in [7, 11) is 0. The fraction of sp³-hybridized carbons (Fsp3) is 0.294. The lowest BCUT2D eigenvalue weighted by atomic mass is 10.1. The van der Waals surface area contributed by atoms with Crippen molar-refractivity contribution in [3.63, 3.8) is 0 Å². The Morgan fingerprint density at radius 3 is 2.84 bits per heavy atom. The number of hydrogen-bond donors (Lipinski definition) is 2. The maximum Gasteiger partial charge on any atom is 0.251 e. The van der Waals surface area contributed by atoms with Gasteiger partial charge in [0.2, 0.25) is 0 Å². The Morgan fingerprint density at radius 2 is 2.12 bits per heavy atom. The van der Waals surface area contributed by atoms with E-state index in [2.05, 4.69) is 15.2 Å². The SMILES string of the molecule is Cc1ccc(N)cc1C(=O)NC1CCN(c2ncccc2Cl)C1.Cl.Cl. The van der Waals surface area contributed by atoms with Crippen molar-refractivity contribution in [2.75, 3.05) is 23.7 Å². The maximum atomic E-state index is 12.5. The summed E-state index contributed by atoms with van der Waals surface area (Å²) in [5, 5.41) is 3.71. The van der Waals surface area contributed by atoms with Crippen LogP contribution in [0, 0.1) is 6.92 Å². The second-order valence-electron chi connectivity index (χ2n) is 5.79. The Balaban J connectivity index is 0.00000156. The number of amides is 1. The first-order valence-corrected chi connectivity index (χ1v) is 7.95. The molecule has 1 aliphatic heterocycles. The fourth-order valence-corrected chi connectivity index (χ4v) is 3.07. The number of nitrogen functional groups attached to an aromatic ring is 1. The molecule has 1 unspecified atom stereocenters. The van der Waals surface area contributed by atoms with Gasteiger partial charge in [0.25, 0.3) is 5.91 Å². The highest BCUT2D eigenvalue weighted by Gasteiger charge is 2.26. The highest BCUT2D eigenvalue weighted by atomic mass is 35.5. The highest BCUT2D eigenvalue weighted by molar-refractivity contribution is 6.32. The van der Waals surface area contributed by atoms with Crippen molar-refractivity contribution in [1.82, 2.24) is 10.3 Å². The molecule has 0 radical (unpaired) electrons. The molecule has 1 aromatic heterocycles. The molecule has 25 heavy (non-hydrogen) atoms. The van der Waals surface area contributed by atoms with Gasteiger partial charge in [-0.1, -0.05) is 17.7 Å². The zero-order chi connectivity index (χ0) is 16.4. The Bertz CT molecular complexity index is 742. The van der Waals surface area contributed by atoms with Crippen molar-refractivity contribution in [3.05, 3.63) is 52.7 Å². The van der Waals surface area contributed by atoms with Gasteiger partial charge in [0.15, 0.2) is 0 Å². The van der Waals surface area contributed by atoms with Gasteiger partial charge in [-0.2, -0.15) is 0 Å². The van der Waals surface area contributed by atoms with E-state index in [0.717, 1.165) is 24.3 Å². The quantitative estimate of drug-likeness (QED) is 0.770. The molecular formula is C17H21Cl3N4O. The average molecular weight is 404 g/mol. The summed E-state index contributed by atoms with van der Waals surface area (Å²) in [6.07, 6.45) is 2.59. The van der Waals surface area contributed by atoms with Gasteiger partial charge >= 0.3 is 0 Å². The van der Waals surface area contributed by atoms with Crippen molar-refractivity contribution in [2.45, 2.75) is 19.4 Å². The van der Waals surface area contributed by atoms with Gasteiger partial charge in [0.1, 0.15) is 5.82 Å². The van der Waals surface area contributed by atoms with Crippen LogP contribution in [0.3, 0.4) is 0 Å². The average Bonchev–Trinajstić information content (AvgIpc) is 2.98. The summed E-state index contributed by atoms with van der Waals surface area (Å²) in [4.78, 5) is 18.9. The molecular weight excluding hydrogens is 383 g/mol. The van der Waals surface area contributed by atoms with Gasteiger partial charge in [-0.3, -0.25) is 4.79 Å². The normalized spacial score (nSPS) is 15.9. The molecule has 136 valence electrons. The zero-order valence-corrected chi connectivity index (χ0v) is 16.1. The van der Waals surface area contributed by atoms with E-state index in [1.807, 2.05) is 25.1 Å². The number of nitrogens with two attached hydrogens (primary N) is 1. The molecule has 3 N–H and O–H groups in total. The van der Waals surface area contributed by atoms with E-state index in [4.69, 9.17) is 17.3 Å². The number of nitrogens with one attached hydrogen (secondary N) is 1. The van der Waals surface area contributed by atoms with E-state index in [9.17, 15) is 4.79 Å². The lowest BCUT2D eigenvalue weighted by Gasteiger charge is -2.19. The summed E-state index contributed by atoms with van der Waals surface area (Å²) < 4.78 is 0. The summed E-state index contributed by atoms with van der Waals surface area (Å²) in [5.74, 6) is 0.680. The Kier molecular flexibility index (Phi) is 7.80. The molecule has 8 heteroatoms. The molecule has 2 heterocycles. The molecule has 0 bridgehead atoms. The van der Waals surface area contributed by atoms with Crippen molar-refractivity contribution in [2.24, 2.45) is 0 Å². The van der Waals surface area contributed by atoms with Gasteiger partial charge in [-0.05, 0) is 43.2 Å². The minimum Gasteiger partial charge on any atom is -0.399 e. The molecule has 5 nitrogen and oxygen atoms in total. The number of rotatable bonds is 3. The minimum atomic E-state index is -0.0891. The van der Waals surface area contributed by atoms with Crippen LogP contribution in [0.1, 0.15) is 22.3 Å². The largest absolute Gasteiger partial charge is 0.399 e. The lowest BCUT2D eigenvalue weighted by molar-refractivity contribution is 0.0940. The molecule has 0 aliphatic carbocycles. The van der Waals surface area contributed by atoms with Crippen LogP contribution in [0.5, 0.6) is 0 Å². The smallest absolute Gasteiger partial charge is 0.251 e. The highest BCUT2D eigenvalue weighted by Crippen LogP contribution is 2.26. The first-order chi connectivity index (χ1) is 11.0. The molecule has 3 rings (SSSR count). The minimum absolute atomic E-state index is 0. The summed E-state index contributed by atoms with van der Waals surface area (Å²) in [6.45, 7) is 3.42. The van der Waals surface area contributed by atoms with Gasteiger partial charge in [-0.15, -0.1) is 24.8 Å². The first kappa shape index (κ1) is 21.4. The van der Waals surface area contributed by atoms with Crippen LogP contribution in [0.25, 0.3) is 0 Å². The Labute approximate surface area is 164 Å². The number of aryl methyl sites for hydroxylation is 1. The van der Waals surface area contributed by atoms with Crippen molar-refractivity contribution in [1.29, 1.82) is 0 Å². The second kappa shape index (κ2) is 9.13. The standard InChI is InChI=1S/C17H19ClN4O.2ClH/c1-11-4-5-12(19)9-14(11)17(23)21-13-6-8-22(10-13)16-15(18)3-2-7-20-16;;/h2-5,7,9,13H,6,8,10,19H2,1H3,(H,21,23);2*1H. The summed E-state index contributed by atoms with van der Waals surface area (Å²) >= 11 is 6.19. The van der Waals surface area contributed by atoms with E-state index < -0.39 is 0 Å². The molecule has 0 spiro atoms. The Hall–Kier alpha value is -1.69. The van der Waals surface area contributed by atoms with Crippen LogP contribution in [0.4, 0.5) is 11.5 Å². The lowest BCUT2D eigenvalue weighted by Crippen LogP contribution is -2.37. The number of aromatic nitrogens is 1. The van der Waals surface area contributed by atoms with Crippen LogP contribution in [0.2, 0.25) is 5.02 Å². The molecule has 1 atom stereocenters. The van der Waals surface area contributed by atoms with Gasteiger partial charge in [-0.25, -0.2) is 4.98 Å². The predicted octanol–water partition coefficient (Wildman–Crippen LogP) is 3.48. The predicted molar refractivity (Wildman–Crippen MR) is 107 cm³/mol. The van der Waals surface area contributed by atoms with E-state index in [0.29, 0.717) is 22.8 Å². The third kappa shape index (κ3) is 4.91. The number of halogens is 3. The number of benzene rings is 1. The number of pyridine rings is 1. The topological polar surface area (TPSA) is 71.2 Å². The van der Waals surface area contributed by atoms with Crippen LogP contribution in [0.15, 0.2) is 36.5 Å². The Morgan fingerprint density at radius 1 is 1.36 bits per heavy atom. The van der Waals surface area contributed by atoms with Crippen molar-refractivity contribution in [3.8, 4) is 0 Å². The zero-order valence-electron chi connectivity index (χ0n) is 13.7. The molecule has 1 aromatic carbocycles. The van der Waals surface area contributed by atoms with Crippen molar-refractivity contribution >= 4 is 53.8 Å². The molecule has 1 fully saturated rings. The number of carbonyl (C=O) groups excluding carboxylic acids is 1. The van der Waals surface area contributed by atoms with E-state index >= 15 is 0 Å². The van der Waals surface area contributed by atoms with Gasteiger partial charge in [0, 0.05) is 36.6 Å². The third-order valence-corrected chi connectivity index (χ3v) is 4.36. The van der Waals surface area contributed by atoms with Crippen LogP contribution < -0.4 is 16.0 Å². The van der Waals surface area contributed by atoms with E-state index in [1.54, 1.807) is 18.3 Å². The van der Waals surface area contributed by atoms with Crippen LogP contribution in [-0.4, -0.2) is 30.0 Å². The monoisotopic (exact) mass is 402 g/mol. The van der Waals surface area contributed by atoms with Crippen LogP contribution >= 0.6 is 36.4 Å². The maximum absolute atomic E-state index is 12.5.